The topological polar surface area (TPSA) is 96.4 Å². The van der Waals surface area contributed by atoms with Crippen molar-refractivity contribution in [3.8, 4) is 0 Å². The molecule has 0 aliphatic carbocycles. The van der Waals surface area contributed by atoms with Gasteiger partial charge in [0.1, 0.15) is 18.8 Å². The number of carbonyl (C=O) groups is 3. The molecule has 1 rings (SSSR count). The molecule has 8 heteroatoms. The summed E-state index contributed by atoms with van der Waals surface area (Å²) in [6, 6.07) is 0. The van der Waals surface area contributed by atoms with Crippen LogP contribution in [0.1, 0.15) is 27.2 Å². The second-order valence-electron chi connectivity index (χ2n) is 6.09. The van der Waals surface area contributed by atoms with Crippen molar-refractivity contribution in [2.45, 2.75) is 32.8 Å². The van der Waals surface area contributed by atoms with Gasteiger partial charge in [-0.15, -0.1) is 0 Å². The van der Waals surface area contributed by atoms with Gasteiger partial charge in [-0.1, -0.05) is 0 Å². The van der Waals surface area contributed by atoms with Crippen molar-refractivity contribution in [1.82, 2.24) is 9.80 Å². The number of rotatable bonds is 4. The van der Waals surface area contributed by atoms with Crippen LogP contribution in [0.25, 0.3) is 0 Å². The Morgan fingerprint density at radius 2 is 1.59 bits per heavy atom. The third-order valence-electron chi connectivity index (χ3n) is 2.95. The highest BCUT2D eigenvalue weighted by atomic mass is 16.6. The summed E-state index contributed by atoms with van der Waals surface area (Å²) in [4.78, 5) is 37.4. The zero-order chi connectivity index (χ0) is 16.8. The van der Waals surface area contributed by atoms with E-state index < -0.39 is 18.2 Å². The van der Waals surface area contributed by atoms with Crippen molar-refractivity contribution in [2.24, 2.45) is 0 Å². The van der Waals surface area contributed by atoms with E-state index in [9.17, 15) is 14.4 Å². The van der Waals surface area contributed by atoms with E-state index in [2.05, 4.69) is 0 Å². The zero-order valence-electron chi connectivity index (χ0n) is 13.3. The lowest BCUT2D eigenvalue weighted by atomic mass is 10.2. The quantitative estimate of drug-likeness (QED) is 0.814. The molecule has 1 aliphatic rings. The Kier molecular flexibility index (Phi) is 6.61. The van der Waals surface area contributed by atoms with E-state index in [1.165, 1.54) is 0 Å². The molecule has 0 spiro atoms. The van der Waals surface area contributed by atoms with E-state index >= 15 is 0 Å². The van der Waals surface area contributed by atoms with Crippen LogP contribution in [0.3, 0.4) is 0 Å². The van der Waals surface area contributed by atoms with Gasteiger partial charge in [0.05, 0.1) is 0 Å². The first-order chi connectivity index (χ1) is 10.2. The summed E-state index contributed by atoms with van der Waals surface area (Å²) in [6.07, 6.45) is 0.258. The second-order valence-corrected chi connectivity index (χ2v) is 6.09. The van der Waals surface area contributed by atoms with Crippen LogP contribution in [0.5, 0.6) is 0 Å². The second kappa shape index (κ2) is 7.98. The standard InChI is InChI=1S/C14H24N2O6/c1-14(2,3)22-13(20)16-6-4-5-15(7-8-16)11(17)9-21-10-12(18)19/h4-10H2,1-3H3,(H,18,19). The summed E-state index contributed by atoms with van der Waals surface area (Å²) < 4.78 is 10.1. The first-order valence-electron chi connectivity index (χ1n) is 7.24. The van der Waals surface area contributed by atoms with Gasteiger partial charge in [0.25, 0.3) is 0 Å². The minimum Gasteiger partial charge on any atom is -0.480 e. The molecule has 0 aromatic rings. The third-order valence-corrected chi connectivity index (χ3v) is 2.95. The van der Waals surface area contributed by atoms with Gasteiger partial charge in [-0.3, -0.25) is 4.79 Å². The van der Waals surface area contributed by atoms with E-state index in [0.717, 1.165) is 0 Å². The van der Waals surface area contributed by atoms with Gasteiger partial charge >= 0.3 is 12.1 Å². The first kappa shape index (κ1) is 18.2. The average molecular weight is 316 g/mol. The molecule has 126 valence electrons. The Morgan fingerprint density at radius 1 is 1.00 bits per heavy atom. The maximum atomic E-state index is 12.0. The SMILES string of the molecule is CC(C)(C)OC(=O)N1CCCN(C(=O)COCC(=O)O)CC1. The normalized spacial score (nSPS) is 16.1. The van der Waals surface area contributed by atoms with E-state index in [1.54, 1.807) is 30.6 Å². The Hall–Kier alpha value is -1.83. The molecule has 0 aromatic heterocycles. The molecule has 0 unspecified atom stereocenters. The van der Waals surface area contributed by atoms with Crippen LogP contribution in [0.4, 0.5) is 4.79 Å². The smallest absolute Gasteiger partial charge is 0.410 e. The summed E-state index contributed by atoms with van der Waals surface area (Å²) in [7, 11) is 0. The molecule has 8 nitrogen and oxygen atoms in total. The van der Waals surface area contributed by atoms with E-state index in [0.29, 0.717) is 32.6 Å². The van der Waals surface area contributed by atoms with Crippen LogP contribution in [-0.4, -0.2) is 77.9 Å². The minimum absolute atomic E-state index is 0.265. The monoisotopic (exact) mass is 316 g/mol. The largest absolute Gasteiger partial charge is 0.480 e. The predicted molar refractivity (Wildman–Crippen MR) is 77.5 cm³/mol. The number of carboxylic acid groups (broad SMARTS) is 1. The average Bonchev–Trinajstić information content (AvgIpc) is 2.61. The lowest BCUT2D eigenvalue weighted by molar-refractivity contribution is -0.145. The Bertz CT molecular complexity index is 418. The summed E-state index contributed by atoms with van der Waals surface area (Å²) in [5, 5.41) is 8.46. The molecule has 0 aromatic carbocycles. The summed E-state index contributed by atoms with van der Waals surface area (Å²) >= 11 is 0. The number of hydrogen-bond donors (Lipinski definition) is 1. The molecule has 1 heterocycles. The number of amides is 2. The Balaban J connectivity index is 2.43. The summed E-state index contributed by atoms with van der Waals surface area (Å²) in [5.74, 6) is -1.38. The van der Waals surface area contributed by atoms with Gasteiger partial charge in [-0.05, 0) is 27.2 Å². The van der Waals surface area contributed by atoms with E-state index in [4.69, 9.17) is 14.6 Å². The van der Waals surface area contributed by atoms with Crippen molar-refractivity contribution >= 4 is 18.0 Å². The molecule has 0 radical (unpaired) electrons. The number of carboxylic acids is 1. The van der Waals surface area contributed by atoms with Crippen LogP contribution in [-0.2, 0) is 19.1 Å². The highest BCUT2D eigenvalue weighted by Gasteiger charge is 2.25. The molecular formula is C14H24N2O6. The summed E-state index contributed by atoms with van der Waals surface area (Å²) in [6.45, 7) is 6.45. The maximum absolute atomic E-state index is 12.0. The molecule has 0 atom stereocenters. The van der Waals surface area contributed by atoms with Gasteiger partial charge in [0.15, 0.2) is 0 Å². The highest BCUT2D eigenvalue weighted by molar-refractivity contribution is 5.78. The van der Waals surface area contributed by atoms with E-state index in [1.807, 2.05) is 0 Å². The highest BCUT2D eigenvalue weighted by Crippen LogP contribution is 2.12. The van der Waals surface area contributed by atoms with Crippen molar-refractivity contribution in [1.29, 1.82) is 0 Å². The van der Waals surface area contributed by atoms with Gasteiger partial charge in [0.2, 0.25) is 5.91 Å². The molecule has 1 fully saturated rings. The molecule has 1 N–H and O–H groups in total. The van der Waals surface area contributed by atoms with Crippen LogP contribution < -0.4 is 0 Å². The molecule has 1 saturated heterocycles. The molecular weight excluding hydrogens is 292 g/mol. The Morgan fingerprint density at radius 3 is 2.18 bits per heavy atom. The number of ether oxygens (including phenoxy) is 2. The molecule has 1 aliphatic heterocycles. The van der Waals surface area contributed by atoms with Crippen LogP contribution >= 0.6 is 0 Å². The fourth-order valence-electron chi connectivity index (χ4n) is 1.99. The van der Waals surface area contributed by atoms with Crippen molar-refractivity contribution in [2.75, 3.05) is 39.4 Å². The Labute approximate surface area is 130 Å². The molecule has 0 bridgehead atoms. The van der Waals surface area contributed by atoms with Crippen molar-refractivity contribution in [3.05, 3.63) is 0 Å². The number of nitrogens with zero attached hydrogens (tertiary/aromatic N) is 2. The first-order valence-corrected chi connectivity index (χ1v) is 7.24. The number of hydrogen-bond acceptors (Lipinski definition) is 5. The minimum atomic E-state index is -1.11. The van der Waals surface area contributed by atoms with E-state index in [-0.39, 0.29) is 18.6 Å². The maximum Gasteiger partial charge on any atom is 0.410 e. The number of aliphatic carboxylic acids is 1. The molecule has 22 heavy (non-hydrogen) atoms. The van der Waals surface area contributed by atoms with Crippen molar-refractivity contribution in [3.63, 3.8) is 0 Å². The van der Waals surface area contributed by atoms with Gasteiger partial charge in [0, 0.05) is 26.2 Å². The van der Waals surface area contributed by atoms with Gasteiger partial charge in [-0.2, -0.15) is 0 Å². The van der Waals surface area contributed by atoms with Crippen LogP contribution in [0.15, 0.2) is 0 Å². The van der Waals surface area contributed by atoms with Crippen molar-refractivity contribution < 1.29 is 29.0 Å². The third kappa shape index (κ3) is 6.75. The lowest BCUT2D eigenvalue weighted by Crippen LogP contribution is -2.40. The predicted octanol–water partition coefficient (Wildman–Crippen LogP) is 0.557. The molecule has 2 amide bonds. The fourth-order valence-corrected chi connectivity index (χ4v) is 1.99. The zero-order valence-corrected chi connectivity index (χ0v) is 13.3. The number of carbonyl (C=O) groups excluding carboxylic acids is 2. The van der Waals surface area contributed by atoms with Gasteiger partial charge < -0.3 is 24.4 Å². The lowest BCUT2D eigenvalue weighted by Gasteiger charge is -2.26. The van der Waals surface area contributed by atoms with Gasteiger partial charge in [-0.25, -0.2) is 9.59 Å². The molecule has 0 saturated carbocycles. The van der Waals surface area contributed by atoms with Crippen LogP contribution in [0.2, 0.25) is 0 Å². The van der Waals surface area contributed by atoms with Crippen LogP contribution in [0, 0.1) is 0 Å². The summed E-state index contributed by atoms with van der Waals surface area (Å²) in [5.41, 5.74) is -0.552. The fraction of sp³-hybridized carbons (Fsp3) is 0.786.